The quantitative estimate of drug-likeness (QED) is 0.781. The van der Waals surface area contributed by atoms with Crippen LogP contribution in [0, 0.1) is 5.41 Å². The van der Waals surface area contributed by atoms with Gasteiger partial charge in [-0.25, -0.2) is 0 Å². The first-order valence-electron chi connectivity index (χ1n) is 7.19. The van der Waals surface area contributed by atoms with E-state index in [0.29, 0.717) is 10.8 Å². The molecule has 2 aliphatic carbocycles. The molecule has 18 heavy (non-hydrogen) atoms. The third-order valence-corrected chi connectivity index (χ3v) is 4.95. The lowest BCUT2D eigenvalue weighted by molar-refractivity contribution is 0.155. The Morgan fingerprint density at radius 3 is 2.22 bits per heavy atom. The molecule has 0 atom stereocenters. The van der Waals surface area contributed by atoms with Crippen molar-refractivity contribution in [2.24, 2.45) is 5.41 Å². The van der Waals surface area contributed by atoms with Crippen LogP contribution in [0.2, 0.25) is 0 Å². The van der Waals surface area contributed by atoms with E-state index >= 15 is 0 Å². The monoisotopic (exact) mass is 244 g/mol. The van der Waals surface area contributed by atoms with Gasteiger partial charge < -0.3 is 11.1 Å². The first kappa shape index (κ1) is 12.0. The smallest absolute Gasteiger partial charge is 0.0314 e. The number of anilines is 1. The Hall–Kier alpha value is -1.02. The minimum atomic E-state index is 0.411. The maximum atomic E-state index is 5.76. The second kappa shape index (κ2) is 4.27. The van der Waals surface area contributed by atoms with Gasteiger partial charge in [-0.1, -0.05) is 25.5 Å². The van der Waals surface area contributed by atoms with Crippen LogP contribution >= 0.6 is 0 Å². The van der Waals surface area contributed by atoms with Crippen molar-refractivity contribution in [2.45, 2.75) is 44.4 Å². The summed E-state index contributed by atoms with van der Waals surface area (Å²) in [7, 11) is 0. The SMILES string of the molecule is CC1(CNCC2(c3ccc(N)cc3)CC2)CCC1. The number of nitrogens with one attached hydrogen (secondary N) is 1. The topological polar surface area (TPSA) is 38.0 Å². The molecule has 0 aromatic heterocycles. The summed E-state index contributed by atoms with van der Waals surface area (Å²) in [5.41, 5.74) is 9.07. The van der Waals surface area contributed by atoms with Crippen LogP contribution in [0.15, 0.2) is 24.3 Å². The average Bonchev–Trinajstić information content (AvgIpc) is 3.09. The van der Waals surface area contributed by atoms with E-state index in [-0.39, 0.29) is 0 Å². The third-order valence-electron chi connectivity index (χ3n) is 4.95. The van der Waals surface area contributed by atoms with E-state index in [0.717, 1.165) is 12.2 Å². The normalized spacial score (nSPS) is 23.4. The fourth-order valence-electron chi connectivity index (χ4n) is 3.12. The predicted molar refractivity (Wildman–Crippen MR) is 76.6 cm³/mol. The summed E-state index contributed by atoms with van der Waals surface area (Å²) in [6.45, 7) is 4.72. The Morgan fingerprint density at radius 2 is 1.72 bits per heavy atom. The van der Waals surface area contributed by atoms with Gasteiger partial charge in [-0.05, 0) is 48.8 Å². The lowest BCUT2D eigenvalue weighted by atomic mass is 9.70. The minimum absolute atomic E-state index is 0.411. The van der Waals surface area contributed by atoms with Gasteiger partial charge in [0.05, 0.1) is 0 Å². The van der Waals surface area contributed by atoms with Crippen molar-refractivity contribution in [3.8, 4) is 0 Å². The molecule has 98 valence electrons. The van der Waals surface area contributed by atoms with Gasteiger partial charge in [0.15, 0.2) is 0 Å². The molecule has 0 saturated heterocycles. The van der Waals surface area contributed by atoms with Crippen LogP contribution in [0.4, 0.5) is 5.69 Å². The van der Waals surface area contributed by atoms with E-state index < -0.39 is 0 Å². The van der Waals surface area contributed by atoms with E-state index in [1.807, 2.05) is 12.1 Å². The van der Waals surface area contributed by atoms with Gasteiger partial charge in [-0.3, -0.25) is 0 Å². The largest absolute Gasteiger partial charge is 0.399 e. The van der Waals surface area contributed by atoms with Crippen LogP contribution in [0.3, 0.4) is 0 Å². The zero-order valence-electron chi connectivity index (χ0n) is 11.3. The Bertz CT molecular complexity index is 413. The number of hydrogen-bond acceptors (Lipinski definition) is 2. The average molecular weight is 244 g/mol. The second-order valence-corrected chi connectivity index (χ2v) is 6.67. The van der Waals surface area contributed by atoms with Crippen LogP contribution in [-0.2, 0) is 5.41 Å². The van der Waals surface area contributed by atoms with Crippen LogP contribution < -0.4 is 11.1 Å². The number of benzene rings is 1. The van der Waals surface area contributed by atoms with Crippen molar-refractivity contribution < 1.29 is 0 Å². The first-order valence-corrected chi connectivity index (χ1v) is 7.19. The molecular formula is C16H24N2. The zero-order valence-corrected chi connectivity index (χ0v) is 11.3. The molecule has 2 fully saturated rings. The molecule has 1 aromatic rings. The molecule has 0 amide bonds. The van der Waals surface area contributed by atoms with Gasteiger partial charge in [0, 0.05) is 24.2 Å². The molecule has 2 aliphatic rings. The van der Waals surface area contributed by atoms with Crippen molar-refractivity contribution in [3.63, 3.8) is 0 Å². The molecule has 2 saturated carbocycles. The van der Waals surface area contributed by atoms with Crippen LogP contribution in [0.25, 0.3) is 0 Å². The highest BCUT2D eigenvalue weighted by Gasteiger charge is 2.44. The Labute approximate surface area is 110 Å². The van der Waals surface area contributed by atoms with Crippen molar-refractivity contribution in [1.82, 2.24) is 5.32 Å². The van der Waals surface area contributed by atoms with Crippen molar-refractivity contribution in [3.05, 3.63) is 29.8 Å². The lowest BCUT2D eigenvalue weighted by Crippen LogP contribution is -2.40. The molecule has 2 heteroatoms. The van der Waals surface area contributed by atoms with Crippen molar-refractivity contribution in [1.29, 1.82) is 0 Å². The molecule has 0 heterocycles. The molecule has 0 spiro atoms. The van der Waals surface area contributed by atoms with Gasteiger partial charge >= 0.3 is 0 Å². The standard InChI is InChI=1S/C16H24N2/c1-15(7-2-8-15)11-18-12-16(9-10-16)13-3-5-14(17)6-4-13/h3-6,18H,2,7-12,17H2,1H3. The second-order valence-electron chi connectivity index (χ2n) is 6.67. The molecule has 3 N–H and O–H groups in total. The summed E-state index contributed by atoms with van der Waals surface area (Å²) in [5.74, 6) is 0. The van der Waals surface area contributed by atoms with E-state index in [9.17, 15) is 0 Å². The summed E-state index contributed by atoms with van der Waals surface area (Å²) in [6.07, 6.45) is 6.85. The van der Waals surface area contributed by atoms with Gasteiger partial charge in [0.1, 0.15) is 0 Å². The molecular weight excluding hydrogens is 220 g/mol. The van der Waals surface area contributed by atoms with Gasteiger partial charge in [0.25, 0.3) is 0 Å². The van der Waals surface area contributed by atoms with Gasteiger partial charge in [0.2, 0.25) is 0 Å². The van der Waals surface area contributed by atoms with Crippen molar-refractivity contribution in [2.75, 3.05) is 18.8 Å². The molecule has 0 aliphatic heterocycles. The lowest BCUT2D eigenvalue weighted by Gasteiger charge is -2.39. The van der Waals surface area contributed by atoms with Gasteiger partial charge in [-0.15, -0.1) is 0 Å². The highest BCUT2D eigenvalue weighted by atomic mass is 14.9. The highest BCUT2D eigenvalue weighted by molar-refractivity contribution is 5.43. The van der Waals surface area contributed by atoms with E-state index in [1.165, 1.54) is 44.2 Å². The van der Waals surface area contributed by atoms with Crippen LogP contribution in [0.5, 0.6) is 0 Å². The number of rotatable bonds is 5. The predicted octanol–water partition coefficient (Wildman–Crippen LogP) is 3.08. The zero-order chi connectivity index (χ0) is 12.6. The number of nitrogens with two attached hydrogens (primary N) is 1. The number of hydrogen-bond donors (Lipinski definition) is 2. The summed E-state index contributed by atoms with van der Waals surface area (Å²) >= 11 is 0. The highest BCUT2D eigenvalue weighted by Crippen LogP contribution is 2.48. The van der Waals surface area contributed by atoms with Crippen LogP contribution in [-0.4, -0.2) is 13.1 Å². The maximum absolute atomic E-state index is 5.76. The molecule has 0 bridgehead atoms. The Balaban J connectivity index is 1.56. The maximum Gasteiger partial charge on any atom is 0.0314 e. The fraction of sp³-hybridized carbons (Fsp3) is 0.625. The molecule has 1 aromatic carbocycles. The van der Waals surface area contributed by atoms with Crippen LogP contribution in [0.1, 0.15) is 44.6 Å². The summed E-state index contributed by atoms with van der Waals surface area (Å²) < 4.78 is 0. The molecule has 0 radical (unpaired) electrons. The molecule has 3 rings (SSSR count). The van der Waals surface area contributed by atoms with Crippen molar-refractivity contribution >= 4 is 5.69 Å². The Morgan fingerprint density at radius 1 is 1.06 bits per heavy atom. The summed E-state index contributed by atoms with van der Waals surface area (Å²) in [6, 6.07) is 8.47. The molecule has 0 unspecified atom stereocenters. The van der Waals surface area contributed by atoms with E-state index in [1.54, 1.807) is 0 Å². The fourth-order valence-corrected chi connectivity index (χ4v) is 3.12. The minimum Gasteiger partial charge on any atom is -0.399 e. The number of nitrogen functional groups attached to an aromatic ring is 1. The van der Waals surface area contributed by atoms with Gasteiger partial charge in [-0.2, -0.15) is 0 Å². The first-order chi connectivity index (χ1) is 8.62. The van der Waals surface area contributed by atoms with E-state index in [2.05, 4.69) is 24.4 Å². The Kier molecular flexibility index (Phi) is 2.86. The summed E-state index contributed by atoms with van der Waals surface area (Å²) in [5, 5.41) is 3.71. The summed E-state index contributed by atoms with van der Waals surface area (Å²) in [4.78, 5) is 0. The van der Waals surface area contributed by atoms with E-state index in [4.69, 9.17) is 5.73 Å². The molecule has 2 nitrogen and oxygen atoms in total. The third kappa shape index (κ3) is 2.26.